The molecule has 0 saturated heterocycles. The van der Waals surface area contributed by atoms with Gasteiger partial charge in [0.15, 0.2) is 0 Å². The number of hydrogen-bond donors (Lipinski definition) is 1. The highest BCUT2D eigenvalue weighted by molar-refractivity contribution is 6.30. The van der Waals surface area contributed by atoms with Crippen LogP contribution in [0.2, 0.25) is 5.02 Å². The highest BCUT2D eigenvalue weighted by Crippen LogP contribution is 2.20. The highest BCUT2D eigenvalue weighted by atomic mass is 35.5. The lowest BCUT2D eigenvalue weighted by molar-refractivity contribution is -0.385. The summed E-state index contributed by atoms with van der Waals surface area (Å²) in [4.78, 5) is 9.94. The van der Waals surface area contributed by atoms with Gasteiger partial charge in [0.1, 0.15) is 11.6 Å². The molecule has 1 N–H and O–H groups in total. The number of halogens is 3. The molecule has 0 aliphatic heterocycles. The molecule has 0 aliphatic rings. The van der Waals surface area contributed by atoms with Crippen molar-refractivity contribution in [3.63, 3.8) is 0 Å². The van der Waals surface area contributed by atoms with Crippen molar-refractivity contribution in [1.82, 2.24) is 0 Å². The van der Waals surface area contributed by atoms with Crippen molar-refractivity contribution in [1.29, 1.82) is 0 Å². The number of rotatable bonds is 4. The van der Waals surface area contributed by atoms with Gasteiger partial charge >= 0.3 is 0 Å². The molecule has 104 valence electrons. The van der Waals surface area contributed by atoms with Gasteiger partial charge in [0.2, 0.25) is 0 Å². The number of nitro benzene ring substituents is 1. The van der Waals surface area contributed by atoms with Gasteiger partial charge in [-0.15, -0.1) is 0 Å². The van der Waals surface area contributed by atoms with E-state index in [2.05, 4.69) is 5.32 Å². The molecule has 0 aliphatic carbocycles. The topological polar surface area (TPSA) is 55.2 Å². The summed E-state index contributed by atoms with van der Waals surface area (Å²) in [5, 5.41) is 13.4. The lowest BCUT2D eigenvalue weighted by Gasteiger charge is -2.07. The third-order valence-corrected chi connectivity index (χ3v) is 2.88. The molecule has 20 heavy (non-hydrogen) atoms. The number of nitro groups is 1. The average Bonchev–Trinajstić information content (AvgIpc) is 2.39. The Balaban J connectivity index is 2.14. The minimum absolute atomic E-state index is 0.00283. The molecule has 0 spiro atoms. The van der Waals surface area contributed by atoms with E-state index in [0.29, 0.717) is 11.3 Å². The zero-order valence-electron chi connectivity index (χ0n) is 10.1. The summed E-state index contributed by atoms with van der Waals surface area (Å²) in [6.07, 6.45) is 0. The molecule has 0 bridgehead atoms. The number of hydrogen-bond acceptors (Lipinski definition) is 3. The summed E-state index contributed by atoms with van der Waals surface area (Å²) in [6, 6.07) is 7.39. The molecule has 0 fully saturated rings. The second-order valence-corrected chi connectivity index (χ2v) is 4.46. The van der Waals surface area contributed by atoms with Crippen LogP contribution in [0.5, 0.6) is 0 Å². The van der Waals surface area contributed by atoms with E-state index in [9.17, 15) is 18.9 Å². The molecule has 0 heterocycles. The quantitative estimate of drug-likeness (QED) is 0.682. The van der Waals surface area contributed by atoms with Crippen molar-refractivity contribution < 1.29 is 13.7 Å². The van der Waals surface area contributed by atoms with Gasteiger partial charge in [-0.2, -0.15) is 0 Å². The molecular weight excluding hydrogens is 290 g/mol. The van der Waals surface area contributed by atoms with Gasteiger partial charge in [-0.3, -0.25) is 10.1 Å². The van der Waals surface area contributed by atoms with Crippen molar-refractivity contribution in [3.8, 4) is 0 Å². The van der Waals surface area contributed by atoms with E-state index in [1.807, 2.05) is 0 Å². The van der Waals surface area contributed by atoms with E-state index in [-0.39, 0.29) is 17.3 Å². The fourth-order valence-electron chi connectivity index (χ4n) is 1.65. The van der Waals surface area contributed by atoms with Crippen LogP contribution in [0.4, 0.5) is 20.2 Å². The normalized spacial score (nSPS) is 10.3. The molecule has 0 amide bonds. The first kappa shape index (κ1) is 14.2. The second kappa shape index (κ2) is 5.83. The fourth-order valence-corrected chi connectivity index (χ4v) is 1.77. The Morgan fingerprint density at radius 3 is 2.60 bits per heavy atom. The Morgan fingerprint density at radius 2 is 1.95 bits per heavy atom. The van der Waals surface area contributed by atoms with Crippen LogP contribution < -0.4 is 5.32 Å². The minimum atomic E-state index is -0.696. The number of anilines is 1. The van der Waals surface area contributed by atoms with Crippen molar-refractivity contribution >= 4 is 23.0 Å². The Kier molecular flexibility index (Phi) is 4.14. The van der Waals surface area contributed by atoms with Gasteiger partial charge in [0.05, 0.1) is 16.0 Å². The molecule has 2 aromatic carbocycles. The standard InChI is InChI=1S/C13H9ClF2N2O2/c14-12-2-1-10(6-13(12)16)17-7-8-3-9(15)5-11(4-8)18(19)20/h1-6,17H,7H2. The Hall–Kier alpha value is -2.21. The number of nitrogens with zero attached hydrogens (tertiary/aromatic N) is 1. The molecule has 2 aromatic rings. The van der Waals surface area contributed by atoms with Crippen LogP contribution in [0, 0.1) is 21.7 Å². The molecule has 0 aromatic heterocycles. The predicted octanol–water partition coefficient (Wildman–Crippen LogP) is 4.14. The van der Waals surface area contributed by atoms with E-state index >= 15 is 0 Å². The van der Waals surface area contributed by atoms with Crippen LogP contribution in [0.15, 0.2) is 36.4 Å². The molecule has 7 heteroatoms. The van der Waals surface area contributed by atoms with Crippen molar-refractivity contribution in [2.24, 2.45) is 0 Å². The first-order chi connectivity index (χ1) is 9.45. The summed E-state index contributed by atoms with van der Waals surface area (Å²) >= 11 is 5.55. The average molecular weight is 299 g/mol. The van der Waals surface area contributed by atoms with Gasteiger partial charge in [0, 0.05) is 18.3 Å². The van der Waals surface area contributed by atoms with Crippen LogP contribution in [0.3, 0.4) is 0 Å². The van der Waals surface area contributed by atoms with Crippen molar-refractivity contribution in [2.75, 3.05) is 5.32 Å². The Bertz CT molecular complexity index is 665. The summed E-state index contributed by atoms with van der Waals surface area (Å²) < 4.78 is 26.4. The van der Waals surface area contributed by atoms with E-state index < -0.39 is 16.6 Å². The number of non-ortho nitro benzene ring substituents is 1. The van der Waals surface area contributed by atoms with Gasteiger partial charge in [0.25, 0.3) is 5.69 Å². The first-order valence-corrected chi connectivity index (χ1v) is 5.96. The van der Waals surface area contributed by atoms with Crippen molar-refractivity contribution in [2.45, 2.75) is 6.54 Å². The lowest BCUT2D eigenvalue weighted by Crippen LogP contribution is -2.01. The second-order valence-electron chi connectivity index (χ2n) is 4.06. The molecule has 4 nitrogen and oxygen atoms in total. The van der Waals surface area contributed by atoms with Gasteiger partial charge in [-0.05, 0) is 29.8 Å². The van der Waals surface area contributed by atoms with E-state index in [1.165, 1.54) is 24.3 Å². The van der Waals surface area contributed by atoms with Crippen molar-refractivity contribution in [3.05, 3.63) is 68.7 Å². The third kappa shape index (κ3) is 3.42. The molecule has 0 saturated carbocycles. The maximum Gasteiger partial charge on any atom is 0.272 e. The van der Waals surface area contributed by atoms with E-state index in [1.54, 1.807) is 6.07 Å². The summed E-state index contributed by atoms with van der Waals surface area (Å²) in [7, 11) is 0. The largest absolute Gasteiger partial charge is 0.381 e. The van der Waals surface area contributed by atoms with Gasteiger partial charge in [-0.25, -0.2) is 8.78 Å². The van der Waals surface area contributed by atoms with Crippen LogP contribution in [0.25, 0.3) is 0 Å². The smallest absolute Gasteiger partial charge is 0.272 e. The van der Waals surface area contributed by atoms with E-state index in [4.69, 9.17) is 11.6 Å². The van der Waals surface area contributed by atoms with Crippen LogP contribution in [-0.2, 0) is 6.54 Å². The van der Waals surface area contributed by atoms with Crippen LogP contribution in [0.1, 0.15) is 5.56 Å². The zero-order valence-corrected chi connectivity index (χ0v) is 10.8. The Morgan fingerprint density at radius 1 is 1.20 bits per heavy atom. The van der Waals surface area contributed by atoms with Gasteiger partial charge in [-0.1, -0.05) is 11.6 Å². The number of nitrogens with one attached hydrogen (secondary N) is 1. The summed E-state index contributed by atoms with van der Waals surface area (Å²) in [5.41, 5.74) is 0.495. The van der Waals surface area contributed by atoms with Crippen LogP contribution in [-0.4, -0.2) is 4.92 Å². The summed E-state index contributed by atoms with van der Waals surface area (Å²) in [5.74, 6) is -1.28. The molecule has 0 atom stereocenters. The SMILES string of the molecule is O=[N+]([O-])c1cc(F)cc(CNc2ccc(Cl)c(F)c2)c1. The monoisotopic (exact) mass is 298 g/mol. The highest BCUT2D eigenvalue weighted by Gasteiger charge is 2.10. The molecule has 0 radical (unpaired) electrons. The predicted molar refractivity (Wildman–Crippen MR) is 71.8 cm³/mol. The number of benzene rings is 2. The maximum atomic E-state index is 13.2. The molecule has 0 unspecified atom stereocenters. The van der Waals surface area contributed by atoms with Gasteiger partial charge < -0.3 is 5.32 Å². The zero-order chi connectivity index (χ0) is 14.7. The minimum Gasteiger partial charge on any atom is -0.381 e. The lowest BCUT2D eigenvalue weighted by atomic mass is 10.2. The molecule has 2 rings (SSSR count). The first-order valence-electron chi connectivity index (χ1n) is 5.58. The molecular formula is C13H9ClF2N2O2. The van der Waals surface area contributed by atoms with E-state index in [0.717, 1.165) is 6.07 Å². The fraction of sp³-hybridized carbons (Fsp3) is 0.0769. The Labute approximate surface area is 118 Å². The van der Waals surface area contributed by atoms with Crippen LogP contribution >= 0.6 is 11.6 Å². The maximum absolute atomic E-state index is 13.2. The summed E-state index contributed by atoms with van der Waals surface area (Å²) in [6.45, 7) is 0.125. The third-order valence-electron chi connectivity index (χ3n) is 2.57.